The molecule has 0 radical (unpaired) electrons. The Balaban J connectivity index is 1.75. The van der Waals surface area contributed by atoms with Crippen LogP contribution in [0.4, 0.5) is 24.5 Å². The molecule has 0 bridgehead atoms. The summed E-state index contributed by atoms with van der Waals surface area (Å²) in [7, 11) is 0. The van der Waals surface area contributed by atoms with Gasteiger partial charge in [0.2, 0.25) is 5.91 Å². The second-order valence-electron chi connectivity index (χ2n) is 6.38. The fourth-order valence-electron chi connectivity index (χ4n) is 3.09. The van der Waals surface area contributed by atoms with Crippen LogP contribution in [0.1, 0.15) is 11.1 Å². The highest BCUT2D eigenvalue weighted by Gasteiger charge is 2.31. The lowest BCUT2D eigenvalue weighted by molar-refractivity contribution is -0.137. The molecule has 29 heavy (non-hydrogen) atoms. The van der Waals surface area contributed by atoms with Crippen LogP contribution in [-0.4, -0.2) is 36.7 Å². The number of halogens is 3. The quantitative estimate of drug-likeness (QED) is 0.466. The molecule has 2 aromatic carbocycles. The van der Waals surface area contributed by atoms with Gasteiger partial charge >= 0.3 is 6.18 Å². The Morgan fingerprint density at radius 3 is 2.38 bits per heavy atom. The van der Waals surface area contributed by atoms with Crippen molar-refractivity contribution in [3.63, 3.8) is 0 Å². The summed E-state index contributed by atoms with van der Waals surface area (Å²) in [5, 5.41) is 8.59. The molecule has 0 spiro atoms. The fraction of sp³-hybridized carbons (Fsp3) is 0.200. The maximum Gasteiger partial charge on any atom is 0.416 e. The van der Waals surface area contributed by atoms with E-state index in [0.717, 1.165) is 18.2 Å². The summed E-state index contributed by atoms with van der Waals surface area (Å²) in [6.07, 6.45) is -1.78. The van der Waals surface area contributed by atoms with Gasteiger partial charge in [-0.3, -0.25) is 14.8 Å². The number of carbonyl (C=O) groups excluding carboxylic acids is 2. The van der Waals surface area contributed by atoms with E-state index < -0.39 is 17.6 Å². The largest absolute Gasteiger partial charge is 0.416 e. The maximum absolute atomic E-state index is 12.7. The summed E-state index contributed by atoms with van der Waals surface area (Å²) in [4.78, 5) is 27.2. The van der Waals surface area contributed by atoms with Crippen molar-refractivity contribution in [3.8, 4) is 0 Å². The molecule has 3 rings (SSSR count). The van der Waals surface area contributed by atoms with E-state index in [4.69, 9.17) is 5.21 Å². The van der Waals surface area contributed by atoms with Crippen molar-refractivity contribution in [2.24, 2.45) is 0 Å². The van der Waals surface area contributed by atoms with Crippen molar-refractivity contribution < 1.29 is 28.0 Å². The molecule has 0 saturated carbocycles. The second-order valence-corrected chi connectivity index (χ2v) is 6.38. The minimum absolute atomic E-state index is 0.0144. The number of amides is 2. The summed E-state index contributed by atoms with van der Waals surface area (Å²) in [5.41, 5.74) is 2.52. The van der Waals surface area contributed by atoms with E-state index >= 15 is 0 Å². The van der Waals surface area contributed by atoms with Gasteiger partial charge in [0.15, 0.2) is 0 Å². The zero-order valence-electron chi connectivity index (χ0n) is 15.2. The lowest BCUT2D eigenvalue weighted by Crippen LogP contribution is -2.50. The van der Waals surface area contributed by atoms with Crippen LogP contribution in [-0.2, 0) is 15.8 Å². The number of para-hydroxylation sites is 1. The molecule has 1 saturated heterocycles. The molecule has 2 aromatic rings. The summed E-state index contributed by atoms with van der Waals surface area (Å²) < 4.78 is 38.2. The Labute approximate surface area is 164 Å². The molecule has 1 heterocycles. The zero-order chi connectivity index (χ0) is 21.0. The number of alkyl halides is 3. The van der Waals surface area contributed by atoms with Crippen molar-refractivity contribution in [1.82, 2.24) is 5.48 Å². The normalized spacial score (nSPS) is 15.1. The standard InChI is InChI=1S/C20H18F3N3O3/c21-20(22,23)15-6-8-16(9-7-15)25-11-12-26(19(28)13-25)17-4-2-1-3-14(17)5-10-18(27)24-29/h1-10,29H,11-13H2,(H,24,27). The number of piperazine rings is 1. The topological polar surface area (TPSA) is 72.9 Å². The zero-order valence-corrected chi connectivity index (χ0v) is 15.2. The summed E-state index contributed by atoms with van der Waals surface area (Å²) in [5.74, 6) is -0.915. The predicted molar refractivity (Wildman–Crippen MR) is 101 cm³/mol. The number of nitrogens with one attached hydrogen (secondary N) is 1. The van der Waals surface area contributed by atoms with E-state index in [2.05, 4.69) is 0 Å². The number of carbonyl (C=O) groups is 2. The number of nitrogens with zero attached hydrogens (tertiary/aromatic N) is 2. The molecule has 0 unspecified atom stereocenters. The van der Waals surface area contributed by atoms with E-state index in [0.29, 0.717) is 30.0 Å². The van der Waals surface area contributed by atoms with Crippen molar-refractivity contribution in [2.75, 3.05) is 29.4 Å². The van der Waals surface area contributed by atoms with Crippen molar-refractivity contribution in [2.45, 2.75) is 6.18 Å². The predicted octanol–water partition coefficient (Wildman–Crippen LogP) is 3.08. The van der Waals surface area contributed by atoms with Gasteiger partial charge in [0, 0.05) is 24.9 Å². The van der Waals surface area contributed by atoms with E-state index in [1.54, 1.807) is 34.1 Å². The van der Waals surface area contributed by atoms with E-state index in [1.807, 2.05) is 0 Å². The number of hydrogen-bond acceptors (Lipinski definition) is 4. The number of rotatable bonds is 4. The SMILES string of the molecule is O=C(C=Cc1ccccc1N1CCN(c2ccc(C(F)(F)F)cc2)CC1=O)NO. The van der Waals surface area contributed by atoms with Gasteiger partial charge < -0.3 is 9.80 Å². The highest BCUT2D eigenvalue weighted by molar-refractivity contribution is 6.00. The first kappa shape index (κ1) is 20.4. The van der Waals surface area contributed by atoms with Gasteiger partial charge in [-0.2, -0.15) is 13.2 Å². The molecule has 9 heteroatoms. The van der Waals surface area contributed by atoms with Crippen LogP contribution in [0.3, 0.4) is 0 Å². The van der Waals surface area contributed by atoms with Gasteiger partial charge in [-0.15, -0.1) is 0 Å². The average Bonchev–Trinajstić information content (AvgIpc) is 2.71. The number of hydrogen-bond donors (Lipinski definition) is 2. The van der Waals surface area contributed by atoms with Gasteiger partial charge in [0.1, 0.15) is 0 Å². The Morgan fingerprint density at radius 2 is 1.76 bits per heavy atom. The van der Waals surface area contributed by atoms with Crippen LogP contribution in [0.2, 0.25) is 0 Å². The fourth-order valence-corrected chi connectivity index (χ4v) is 3.09. The third-order valence-electron chi connectivity index (χ3n) is 4.53. The Morgan fingerprint density at radius 1 is 1.07 bits per heavy atom. The summed E-state index contributed by atoms with van der Waals surface area (Å²) >= 11 is 0. The molecule has 2 amide bonds. The van der Waals surface area contributed by atoms with Crippen LogP contribution in [0.5, 0.6) is 0 Å². The highest BCUT2D eigenvalue weighted by Crippen LogP contribution is 2.31. The molecule has 0 aromatic heterocycles. The Bertz CT molecular complexity index is 927. The second kappa shape index (κ2) is 8.36. The van der Waals surface area contributed by atoms with E-state index in [1.165, 1.54) is 23.7 Å². The molecule has 152 valence electrons. The molecular weight excluding hydrogens is 387 g/mol. The molecule has 1 fully saturated rings. The third-order valence-corrected chi connectivity index (χ3v) is 4.53. The van der Waals surface area contributed by atoms with Crippen LogP contribution < -0.4 is 15.3 Å². The van der Waals surface area contributed by atoms with Crippen molar-refractivity contribution >= 4 is 29.3 Å². The van der Waals surface area contributed by atoms with Gasteiger partial charge in [-0.25, -0.2) is 5.48 Å². The van der Waals surface area contributed by atoms with E-state index in [-0.39, 0.29) is 12.5 Å². The van der Waals surface area contributed by atoms with Crippen molar-refractivity contribution in [1.29, 1.82) is 0 Å². The smallest absolute Gasteiger partial charge is 0.360 e. The Hall–Kier alpha value is -3.33. The van der Waals surface area contributed by atoms with E-state index in [9.17, 15) is 22.8 Å². The van der Waals surface area contributed by atoms with Crippen molar-refractivity contribution in [3.05, 3.63) is 65.7 Å². The summed E-state index contributed by atoms with van der Waals surface area (Å²) in [6.45, 7) is 0.781. The monoisotopic (exact) mass is 405 g/mol. The molecule has 0 aliphatic carbocycles. The molecule has 1 aliphatic heterocycles. The lowest BCUT2D eigenvalue weighted by Gasteiger charge is -2.36. The Kier molecular flexibility index (Phi) is 5.88. The first-order chi connectivity index (χ1) is 13.8. The summed E-state index contributed by atoms with van der Waals surface area (Å²) in [6, 6.07) is 11.7. The molecule has 6 nitrogen and oxygen atoms in total. The average molecular weight is 405 g/mol. The molecular formula is C20H18F3N3O3. The molecule has 0 atom stereocenters. The highest BCUT2D eigenvalue weighted by atomic mass is 19.4. The minimum atomic E-state index is -4.41. The number of benzene rings is 2. The first-order valence-electron chi connectivity index (χ1n) is 8.73. The van der Waals surface area contributed by atoms with Gasteiger partial charge in [-0.05, 0) is 42.0 Å². The van der Waals surface area contributed by atoms with Gasteiger partial charge in [-0.1, -0.05) is 18.2 Å². The third kappa shape index (κ3) is 4.75. The number of anilines is 2. The van der Waals surface area contributed by atoms with Crippen LogP contribution >= 0.6 is 0 Å². The number of hydroxylamine groups is 1. The van der Waals surface area contributed by atoms with Crippen LogP contribution in [0, 0.1) is 0 Å². The van der Waals surface area contributed by atoms with Gasteiger partial charge in [0.25, 0.3) is 5.91 Å². The van der Waals surface area contributed by atoms with Gasteiger partial charge in [0.05, 0.1) is 17.8 Å². The maximum atomic E-state index is 12.7. The van der Waals surface area contributed by atoms with Crippen LogP contribution in [0.25, 0.3) is 6.08 Å². The first-order valence-corrected chi connectivity index (χ1v) is 8.73. The minimum Gasteiger partial charge on any atom is -0.360 e. The molecule has 1 aliphatic rings. The van der Waals surface area contributed by atoms with Crippen LogP contribution in [0.15, 0.2) is 54.6 Å². The molecule has 2 N–H and O–H groups in total. The lowest BCUT2D eigenvalue weighted by atomic mass is 10.1.